The largest absolute Gasteiger partial charge is 0.444 e. The van der Waals surface area contributed by atoms with Crippen molar-refractivity contribution in [3.63, 3.8) is 0 Å². The minimum absolute atomic E-state index is 0.123. The Balaban J connectivity index is 1.68. The van der Waals surface area contributed by atoms with Gasteiger partial charge in [0.05, 0.1) is 6.04 Å². The molecule has 0 radical (unpaired) electrons. The Morgan fingerprint density at radius 1 is 1.08 bits per heavy atom. The molecular formula is C19H20N4O2. The van der Waals surface area contributed by atoms with Crippen LogP contribution in [0.4, 0.5) is 4.79 Å². The predicted octanol–water partition coefficient (Wildman–Crippen LogP) is 4.02. The lowest BCUT2D eigenvalue weighted by molar-refractivity contribution is 0.121. The van der Waals surface area contributed by atoms with Gasteiger partial charge in [-0.2, -0.15) is 0 Å². The van der Waals surface area contributed by atoms with Crippen LogP contribution in [0.3, 0.4) is 0 Å². The zero-order valence-electron chi connectivity index (χ0n) is 13.8. The third-order valence-corrected chi connectivity index (χ3v) is 4.34. The molecule has 1 N–H and O–H groups in total. The molecule has 128 valence electrons. The molecule has 1 heterocycles. The molecule has 6 nitrogen and oxygen atoms in total. The van der Waals surface area contributed by atoms with Gasteiger partial charge in [0.1, 0.15) is 6.10 Å². The summed E-state index contributed by atoms with van der Waals surface area (Å²) in [5, 5.41) is 6.78. The van der Waals surface area contributed by atoms with E-state index in [4.69, 9.17) is 10.3 Å². The van der Waals surface area contributed by atoms with E-state index in [9.17, 15) is 4.79 Å². The van der Waals surface area contributed by atoms with Gasteiger partial charge >= 0.3 is 6.09 Å². The molecule has 0 saturated carbocycles. The second-order valence-electron chi connectivity index (χ2n) is 6.17. The van der Waals surface area contributed by atoms with E-state index in [0.29, 0.717) is 19.3 Å². The molecule has 6 heteroatoms. The van der Waals surface area contributed by atoms with Gasteiger partial charge in [0.25, 0.3) is 0 Å². The van der Waals surface area contributed by atoms with Crippen molar-refractivity contribution in [3.05, 3.63) is 82.2 Å². The van der Waals surface area contributed by atoms with Crippen LogP contribution in [0, 0.1) is 0 Å². The van der Waals surface area contributed by atoms with Gasteiger partial charge in [0, 0.05) is 11.0 Å². The van der Waals surface area contributed by atoms with Gasteiger partial charge in [-0.25, -0.2) is 4.79 Å². The topological polar surface area (TPSA) is 87.1 Å². The molecular weight excluding hydrogens is 316 g/mol. The van der Waals surface area contributed by atoms with Gasteiger partial charge in [0.15, 0.2) is 0 Å². The average molecular weight is 336 g/mol. The van der Waals surface area contributed by atoms with E-state index >= 15 is 0 Å². The van der Waals surface area contributed by atoms with Crippen LogP contribution in [-0.4, -0.2) is 24.3 Å². The number of carbonyl (C=O) groups excluding carboxylic acids is 1. The smallest absolute Gasteiger partial charge is 0.407 e. The van der Waals surface area contributed by atoms with Gasteiger partial charge in [0.2, 0.25) is 0 Å². The van der Waals surface area contributed by atoms with E-state index in [0.717, 1.165) is 11.1 Å². The van der Waals surface area contributed by atoms with Crippen molar-refractivity contribution < 1.29 is 9.53 Å². The summed E-state index contributed by atoms with van der Waals surface area (Å²) in [6.07, 6.45) is 1.08. The van der Waals surface area contributed by atoms with Crippen molar-refractivity contribution in [3.8, 4) is 0 Å². The van der Waals surface area contributed by atoms with Crippen molar-refractivity contribution in [2.75, 3.05) is 0 Å². The van der Waals surface area contributed by atoms with Crippen molar-refractivity contribution in [1.82, 2.24) is 5.32 Å². The number of alkyl carbamates (subject to hydrolysis) is 1. The maximum absolute atomic E-state index is 11.7. The minimum atomic E-state index is -0.412. The molecule has 3 rings (SSSR count). The summed E-state index contributed by atoms with van der Waals surface area (Å²) < 4.78 is 5.43. The second-order valence-corrected chi connectivity index (χ2v) is 6.17. The summed E-state index contributed by atoms with van der Waals surface area (Å²) in [7, 11) is 0. The average Bonchev–Trinajstić information content (AvgIpc) is 2.96. The highest BCUT2D eigenvalue weighted by molar-refractivity contribution is 5.70. The van der Waals surface area contributed by atoms with Gasteiger partial charge in [-0.15, -0.1) is 0 Å². The summed E-state index contributed by atoms with van der Waals surface area (Å²) in [5.74, 6) is 0. The number of amides is 1. The number of nitrogens with one attached hydrogen (secondary N) is 1. The molecule has 0 unspecified atom stereocenters. The van der Waals surface area contributed by atoms with Crippen LogP contribution in [0.1, 0.15) is 17.5 Å². The fourth-order valence-corrected chi connectivity index (χ4v) is 3.16. The van der Waals surface area contributed by atoms with Gasteiger partial charge in [-0.3, -0.25) is 0 Å². The van der Waals surface area contributed by atoms with Crippen LogP contribution in [0.2, 0.25) is 0 Å². The summed E-state index contributed by atoms with van der Waals surface area (Å²) in [6.45, 7) is 0. The maximum Gasteiger partial charge on any atom is 0.407 e. The third kappa shape index (κ3) is 4.75. The molecule has 0 spiro atoms. The van der Waals surface area contributed by atoms with Gasteiger partial charge in [-0.1, -0.05) is 65.8 Å². The van der Waals surface area contributed by atoms with E-state index < -0.39 is 6.09 Å². The zero-order chi connectivity index (χ0) is 17.5. The molecule has 0 aliphatic carbocycles. The molecule has 1 saturated heterocycles. The highest BCUT2D eigenvalue weighted by Gasteiger charge is 2.35. The first kappa shape index (κ1) is 16.9. The first-order valence-electron chi connectivity index (χ1n) is 8.34. The van der Waals surface area contributed by atoms with E-state index in [-0.39, 0.29) is 18.2 Å². The number of ether oxygens (including phenoxy) is 1. The summed E-state index contributed by atoms with van der Waals surface area (Å²) in [4.78, 5) is 14.7. The number of hydrogen-bond donors (Lipinski definition) is 1. The van der Waals surface area contributed by atoms with Gasteiger partial charge < -0.3 is 10.1 Å². The molecule has 0 aromatic heterocycles. The highest BCUT2D eigenvalue weighted by Crippen LogP contribution is 2.21. The Bertz CT molecular complexity index is 745. The zero-order valence-corrected chi connectivity index (χ0v) is 13.8. The number of rotatable bonds is 7. The minimum Gasteiger partial charge on any atom is -0.444 e. The Kier molecular flexibility index (Phi) is 5.54. The fourth-order valence-electron chi connectivity index (χ4n) is 3.16. The van der Waals surface area contributed by atoms with Crippen LogP contribution in [0.15, 0.2) is 65.8 Å². The summed E-state index contributed by atoms with van der Waals surface area (Å²) >= 11 is 0. The number of hydrogen-bond acceptors (Lipinski definition) is 3. The molecule has 1 aliphatic rings. The van der Waals surface area contributed by atoms with Crippen molar-refractivity contribution in [2.24, 2.45) is 5.11 Å². The Morgan fingerprint density at radius 2 is 1.72 bits per heavy atom. The number of cyclic esters (lactones) is 1. The Labute approximate surface area is 146 Å². The first-order chi connectivity index (χ1) is 12.2. The number of benzene rings is 2. The lowest BCUT2D eigenvalue weighted by Gasteiger charge is -2.20. The number of azide groups is 1. The Hall–Kier alpha value is -2.98. The molecule has 1 amide bonds. The maximum atomic E-state index is 11.7. The van der Waals surface area contributed by atoms with Crippen molar-refractivity contribution in [1.29, 1.82) is 0 Å². The van der Waals surface area contributed by atoms with Crippen LogP contribution in [-0.2, 0) is 17.6 Å². The molecule has 2 aromatic rings. The van der Waals surface area contributed by atoms with Crippen molar-refractivity contribution in [2.45, 2.75) is 37.5 Å². The second kappa shape index (κ2) is 8.22. The van der Waals surface area contributed by atoms with Crippen LogP contribution in [0.25, 0.3) is 10.4 Å². The van der Waals surface area contributed by atoms with Crippen LogP contribution in [0.5, 0.6) is 0 Å². The fraction of sp³-hybridized carbons (Fsp3) is 0.316. The monoisotopic (exact) mass is 336 g/mol. The molecule has 0 bridgehead atoms. The van der Waals surface area contributed by atoms with Crippen molar-refractivity contribution >= 4 is 6.09 Å². The highest BCUT2D eigenvalue weighted by atomic mass is 16.6. The normalized spacial score (nSPS) is 20.2. The summed E-state index contributed by atoms with van der Waals surface area (Å²) in [5.41, 5.74) is 11.1. The first-order valence-corrected chi connectivity index (χ1v) is 8.34. The van der Waals surface area contributed by atoms with E-state index in [1.54, 1.807) is 0 Å². The third-order valence-electron chi connectivity index (χ3n) is 4.34. The van der Waals surface area contributed by atoms with Crippen LogP contribution < -0.4 is 5.32 Å². The lowest BCUT2D eigenvalue weighted by Crippen LogP contribution is -2.35. The number of nitrogens with zero attached hydrogens (tertiary/aromatic N) is 3. The lowest BCUT2D eigenvalue weighted by atomic mass is 9.95. The standard InChI is InChI=1S/C19H20N4O2/c20-23-22-16(11-14-7-3-1-4-8-14)13-18-17(21-19(24)25-18)12-15-9-5-2-6-10-15/h1-10,16-18H,11-13H2,(H,21,24)/t16-,17-,18+/m0/s1. The number of carbonyl (C=O) groups is 1. The van der Waals surface area contributed by atoms with Crippen LogP contribution >= 0.6 is 0 Å². The molecule has 2 aromatic carbocycles. The quantitative estimate of drug-likeness (QED) is 0.470. The van der Waals surface area contributed by atoms with E-state index in [2.05, 4.69) is 15.3 Å². The molecule has 25 heavy (non-hydrogen) atoms. The Morgan fingerprint density at radius 3 is 2.36 bits per heavy atom. The molecule has 1 fully saturated rings. The SMILES string of the molecule is [N-]=[N+]=N[C@@H](Cc1ccccc1)C[C@H]1OC(=O)N[C@H]1Cc1ccccc1. The molecule has 3 atom stereocenters. The molecule has 1 aliphatic heterocycles. The summed E-state index contributed by atoms with van der Waals surface area (Å²) in [6, 6.07) is 19.4. The van der Waals surface area contributed by atoms with Gasteiger partial charge in [-0.05, 0) is 35.9 Å². The predicted molar refractivity (Wildman–Crippen MR) is 95.0 cm³/mol. The van der Waals surface area contributed by atoms with E-state index in [1.165, 1.54) is 0 Å². The van der Waals surface area contributed by atoms with E-state index in [1.807, 2.05) is 60.7 Å².